The molecule has 4 aromatic rings. The summed E-state index contributed by atoms with van der Waals surface area (Å²) < 4.78 is 14.2. The third-order valence-electron chi connectivity index (χ3n) is 5.12. The maximum Gasteiger partial charge on any atom is 0.253 e. The number of imidazole rings is 1. The Labute approximate surface area is 188 Å². The first-order valence-electron chi connectivity index (χ1n) is 10.4. The number of rotatable bonds is 7. The number of H-pyrrole nitrogens is 1. The van der Waals surface area contributed by atoms with Crippen LogP contribution in [0.4, 0.5) is 4.39 Å². The van der Waals surface area contributed by atoms with E-state index in [9.17, 15) is 18.8 Å². The van der Waals surface area contributed by atoms with Gasteiger partial charge in [0.05, 0.1) is 22.6 Å². The molecule has 2 amide bonds. The number of halogens is 1. The molecule has 0 saturated carbocycles. The number of hydrogen-bond donors (Lipinski definition) is 3. The van der Waals surface area contributed by atoms with Crippen LogP contribution < -0.4 is 16.2 Å². The summed E-state index contributed by atoms with van der Waals surface area (Å²) in [6, 6.07) is 15.5. The summed E-state index contributed by atoms with van der Waals surface area (Å²) in [7, 11) is 0. The highest BCUT2D eigenvalue weighted by Gasteiger charge is 2.15. The standard InChI is InChI=1S/C24H22FN5O3/c1-15(23-28-19-4-2-3-5-20(19)29-23)27-21(31)14-30-13-17(8-11-22(30)32)24(33)26-12-16-6-9-18(25)10-7-16/h2-11,13,15H,12,14H2,1H3,(H,26,33)(H,27,31)(H,28,29). The van der Waals surface area contributed by atoms with Crippen LogP contribution in [-0.2, 0) is 17.9 Å². The smallest absolute Gasteiger partial charge is 0.253 e. The number of pyridine rings is 1. The summed E-state index contributed by atoms with van der Waals surface area (Å²) in [5.74, 6) is -0.561. The van der Waals surface area contributed by atoms with E-state index < -0.39 is 23.4 Å². The molecule has 0 radical (unpaired) electrons. The molecule has 0 aliphatic carbocycles. The minimum atomic E-state index is -0.413. The summed E-state index contributed by atoms with van der Waals surface area (Å²) in [6.07, 6.45) is 1.34. The maximum atomic E-state index is 13.0. The molecule has 168 valence electrons. The van der Waals surface area contributed by atoms with Crippen LogP contribution in [0.1, 0.15) is 34.7 Å². The lowest BCUT2D eigenvalue weighted by Gasteiger charge is -2.13. The third-order valence-corrected chi connectivity index (χ3v) is 5.12. The number of aromatic nitrogens is 3. The van der Waals surface area contributed by atoms with E-state index in [1.165, 1.54) is 35.0 Å². The molecular weight excluding hydrogens is 425 g/mol. The fourth-order valence-corrected chi connectivity index (χ4v) is 3.36. The highest BCUT2D eigenvalue weighted by atomic mass is 19.1. The fraction of sp³-hybridized carbons (Fsp3) is 0.167. The number of benzene rings is 2. The van der Waals surface area contributed by atoms with Gasteiger partial charge in [0.25, 0.3) is 11.5 Å². The van der Waals surface area contributed by atoms with Crippen molar-refractivity contribution >= 4 is 22.8 Å². The molecule has 1 unspecified atom stereocenters. The number of hydrogen-bond acceptors (Lipinski definition) is 4. The van der Waals surface area contributed by atoms with Gasteiger partial charge < -0.3 is 20.2 Å². The highest BCUT2D eigenvalue weighted by Crippen LogP contribution is 2.15. The minimum Gasteiger partial charge on any atom is -0.348 e. The number of carbonyl (C=O) groups is 2. The lowest BCUT2D eigenvalue weighted by Crippen LogP contribution is -2.34. The first kappa shape index (κ1) is 21.9. The average Bonchev–Trinajstić information content (AvgIpc) is 3.24. The first-order chi connectivity index (χ1) is 15.9. The fourth-order valence-electron chi connectivity index (χ4n) is 3.36. The van der Waals surface area contributed by atoms with Crippen molar-refractivity contribution in [1.82, 2.24) is 25.2 Å². The molecule has 0 bridgehead atoms. The van der Waals surface area contributed by atoms with E-state index in [4.69, 9.17) is 0 Å². The Morgan fingerprint density at radius 3 is 2.61 bits per heavy atom. The molecule has 0 aliphatic heterocycles. The van der Waals surface area contributed by atoms with E-state index in [0.717, 1.165) is 16.6 Å². The Bertz CT molecular complexity index is 1330. The van der Waals surface area contributed by atoms with Crippen LogP contribution in [0.25, 0.3) is 11.0 Å². The van der Waals surface area contributed by atoms with Gasteiger partial charge in [-0.25, -0.2) is 9.37 Å². The Kier molecular flexibility index (Phi) is 6.30. The molecule has 33 heavy (non-hydrogen) atoms. The molecule has 0 saturated heterocycles. The second-order valence-corrected chi connectivity index (χ2v) is 7.62. The zero-order chi connectivity index (χ0) is 23.4. The van der Waals surface area contributed by atoms with Crippen LogP contribution in [-0.4, -0.2) is 26.3 Å². The number of nitrogens with zero attached hydrogens (tertiary/aromatic N) is 2. The lowest BCUT2D eigenvalue weighted by atomic mass is 10.2. The summed E-state index contributed by atoms with van der Waals surface area (Å²) in [4.78, 5) is 44.8. The molecule has 2 heterocycles. The van der Waals surface area contributed by atoms with Gasteiger partial charge in [-0.1, -0.05) is 24.3 Å². The molecule has 2 aromatic carbocycles. The molecule has 2 aromatic heterocycles. The Balaban J connectivity index is 1.39. The zero-order valence-electron chi connectivity index (χ0n) is 17.8. The molecule has 4 rings (SSSR count). The van der Waals surface area contributed by atoms with Crippen molar-refractivity contribution in [1.29, 1.82) is 0 Å². The van der Waals surface area contributed by atoms with Gasteiger partial charge in [0.1, 0.15) is 18.2 Å². The lowest BCUT2D eigenvalue weighted by molar-refractivity contribution is -0.122. The number of nitrogens with one attached hydrogen (secondary N) is 3. The Morgan fingerprint density at radius 2 is 1.85 bits per heavy atom. The van der Waals surface area contributed by atoms with Gasteiger partial charge in [-0.2, -0.15) is 0 Å². The SMILES string of the molecule is CC(NC(=O)Cn1cc(C(=O)NCc2ccc(F)cc2)ccc1=O)c1nc2ccccc2[nH]1. The van der Waals surface area contributed by atoms with E-state index in [-0.39, 0.29) is 24.5 Å². The van der Waals surface area contributed by atoms with Crippen molar-refractivity contribution in [2.45, 2.75) is 26.1 Å². The van der Waals surface area contributed by atoms with Gasteiger partial charge in [0, 0.05) is 18.8 Å². The second kappa shape index (κ2) is 9.47. The quantitative estimate of drug-likeness (QED) is 0.405. The van der Waals surface area contributed by atoms with Crippen LogP contribution in [0.15, 0.2) is 71.7 Å². The summed E-state index contributed by atoms with van der Waals surface area (Å²) in [5.41, 5.74) is 2.22. The van der Waals surface area contributed by atoms with Crippen molar-refractivity contribution in [3.05, 3.63) is 100.0 Å². The van der Waals surface area contributed by atoms with E-state index in [1.807, 2.05) is 24.3 Å². The van der Waals surface area contributed by atoms with Crippen LogP contribution >= 0.6 is 0 Å². The minimum absolute atomic E-state index is 0.202. The highest BCUT2D eigenvalue weighted by molar-refractivity contribution is 5.93. The van der Waals surface area contributed by atoms with Gasteiger partial charge in [-0.15, -0.1) is 0 Å². The van der Waals surface area contributed by atoms with E-state index in [0.29, 0.717) is 5.82 Å². The predicted molar refractivity (Wildman–Crippen MR) is 121 cm³/mol. The van der Waals surface area contributed by atoms with Crippen molar-refractivity contribution in [2.24, 2.45) is 0 Å². The molecule has 0 fully saturated rings. The first-order valence-corrected chi connectivity index (χ1v) is 10.4. The average molecular weight is 447 g/mol. The topological polar surface area (TPSA) is 109 Å². The van der Waals surface area contributed by atoms with Crippen molar-refractivity contribution < 1.29 is 14.0 Å². The van der Waals surface area contributed by atoms with Gasteiger partial charge in [0.15, 0.2) is 0 Å². The molecule has 8 nitrogen and oxygen atoms in total. The Hall–Kier alpha value is -4.27. The van der Waals surface area contributed by atoms with E-state index in [2.05, 4.69) is 20.6 Å². The summed E-state index contributed by atoms with van der Waals surface area (Å²) in [6.45, 7) is 1.74. The molecule has 9 heteroatoms. The number of aromatic amines is 1. The van der Waals surface area contributed by atoms with Crippen molar-refractivity contribution in [3.8, 4) is 0 Å². The maximum absolute atomic E-state index is 13.0. The second-order valence-electron chi connectivity index (χ2n) is 7.62. The van der Waals surface area contributed by atoms with Crippen LogP contribution in [0.5, 0.6) is 0 Å². The van der Waals surface area contributed by atoms with Crippen LogP contribution in [0.2, 0.25) is 0 Å². The van der Waals surface area contributed by atoms with Crippen LogP contribution in [0, 0.1) is 5.82 Å². The van der Waals surface area contributed by atoms with Crippen LogP contribution in [0.3, 0.4) is 0 Å². The number of para-hydroxylation sites is 2. The van der Waals surface area contributed by atoms with Crippen molar-refractivity contribution in [2.75, 3.05) is 0 Å². The number of fused-ring (bicyclic) bond motifs is 1. The van der Waals surface area contributed by atoms with Crippen molar-refractivity contribution in [3.63, 3.8) is 0 Å². The summed E-state index contributed by atoms with van der Waals surface area (Å²) in [5, 5.41) is 5.52. The van der Waals surface area contributed by atoms with Gasteiger partial charge in [-0.3, -0.25) is 14.4 Å². The normalized spacial score (nSPS) is 11.8. The third kappa shape index (κ3) is 5.32. The molecule has 0 spiro atoms. The largest absolute Gasteiger partial charge is 0.348 e. The van der Waals surface area contributed by atoms with Gasteiger partial charge >= 0.3 is 0 Å². The molecule has 3 N–H and O–H groups in total. The van der Waals surface area contributed by atoms with E-state index in [1.54, 1.807) is 19.1 Å². The number of amides is 2. The molecule has 0 aliphatic rings. The number of carbonyl (C=O) groups excluding carboxylic acids is 2. The monoisotopic (exact) mass is 447 g/mol. The predicted octanol–water partition coefficient (Wildman–Crippen LogP) is 2.67. The van der Waals surface area contributed by atoms with Gasteiger partial charge in [0.2, 0.25) is 5.91 Å². The van der Waals surface area contributed by atoms with Gasteiger partial charge in [-0.05, 0) is 42.8 Å². The molecule has 1 atom stereocenters. The molecular formula is C24H22FN5O3. The van der Waals surface area contributed by atoms with E-state index >= 15 is 0 Å². The Morgan fingerprint density at radius 1 is 1.09 bits per heavy atom. The summed E-state index contributed by atoms with van der Waals surface area (Å²) >= 11 is 0. The zero-order valence-corrected chi connectivity index (χ0v) is 17.8.